The lowest BCUT2D eigenvalue weighted by Gasteiger charge is -2.11. The summed E-state index contributed by atoms with van der Waals surface area (Å²) in [6.07, 6.45) is 6.90. The zero-order chi connectivity index (χ0) is 16.9. The van der Waals surface area contributed by atoms with Crippen molar-refractivity contribution in [2.75, 3.05) is 11.9 Å². The fourth-order valence-corrected chi connectivity index (χ4v) is 2.67. The molecule has 5 heteroatoms. The van der Waals surface area contributed by atoms with Gasteiger partial charge in [0.2, 0.25) is 11.9 Å². The average molecular weight is 325 g/mol. The van der Waals surface area contributed by atoms with Crippen molar-refractivity contribution in [1.82, 2.24) is 9.97 Å². The van der Waals surface area contributed by atoms with Crippen LogP contribution in [0.4, 0.5) is 5.95 Å². The van der Waals surface area contributed by atoms with Gasteiger partial charge in [-0.25, -0.2) is 9.97 Å². The first-order valence-corrected chi connectivity index (χ1v) is 8.52. The van der Waals surface area contributed by atoms with Crippen molar-refractivity contribution in [3.63, 3.8) is 0 Å². The molecule has 1 atom stereocenters. The number of nitrogens with zero attached hydrogens (tertiary/aromatic N) is 2. The summed E-state index contributed by atoms with van der Waals surface area (Å²) in [5.74, 6) is 1.90. The molecule has 2 aromatic rings. The maximum absolute atomic E-state index is 12.1. The van der Waals surface area contributed by atoms with Gasteiger partial charge >= 0.3 is 0 Å². The van der Waals surface area contributed by atoms with Crippen LogP contribution in [0.5, 0.6) is 5.75 Å². The van der Waals surface area contributed by atoms with Gasteiger partial charge < -0.3 is 4.74 Å². The minimum Gasteiger partial charge on any atom is -0.494 e. The Kier molecular flexibility index (Phi) is 5.08. The first-order valence-electron chi connectivity index (χ1n) is 8.52. The van der Waals surface area contributed by atoms with E-state index < -0.39 is 0 Å². The number of anilines is 1. The molecule has 1 aliphatic carbocycles. The lowest BCUT2D eigenvalue weighted by atomic mass is 10.0. The van der Waals surface area contributed by atoms with E-state index in [1.54, 1.807) is 12.4 Å². The minimum atomic E-state index is -0.00649. The van der Waals surface area contributed by atoms with Gasteiger partial charge in [0.25, 0.3) is 0 Å². The molecule has 126 valence electrons. The number of hydrogen-bond acceptors (Lipinski definition) is 4. The van der Waals surface area contributed by atoms with E-state index >= 15 is 0 Å². The van der Waals surface area contributed by atoms with E-state index in [0.29, 0.717) is 12.6 Å². The number of rotatable bonds is 7. The largest absolute Gasteiger partial charge is 0.494 e. The third-order valence-electron chi connectivity index (χ3n) is 4.20. The molecule has 0 bridgehead atoms. The topological polar surface area (TPSA) is 64.1 Å². The van der Waals surface area contributed by atoms with Gasteiger partial charge in [-0.1, -0.05) is 31.9 Å². The molecule has 1 N–H and O–H groups in total. The summed E-state index contributed by atoms with van der Waals surface area (Å²) in [7, 11) is 0. The summed E-state index contributed by atoms with van der Waals surface area (Å²) in [5.41, 5.74) is 1.88. The number of carbonyl (C=O) groups is 1. The van der Waals surface area contributed by atoms with Gasteiger partial charge in [0, 0.05) is 23.9 Å². The van der Waals surface area contributed by atoms with Crippen molar-refractivity contribution < 1.29 is 9.53 Å². The molecule has 1 unspecified atom stereocenters. The summed E-state index contributed by atoms with van der Waals surface area (Å²) >= 11 is 0. The second kappa shape index (κ2) is 7.43. The summed E-state index contributed by atoms with van der Waals surface area (Å²) in [5, 5.41) is 2.80. The fraction of sp³-hybridized carbons (Fsp3) is 0.421. The van der Waals surface area contributed by atoms with E-state index in [4.69, 9.17) is 4.74 Å². The Hall–Kier alpha value is -2.43. The smallest absolute Gasteiger partial charge is 0.229 e. The monoisotopic (exact) mass is 325 g/mol. The van der Waals surface area contributed by atoms with Gasteiger partial charge in [-0.3, -0.25) is 10.1 Å². The molecule has 24 heavy (non-hydrogen) atoms. The third kappa shape index (κ3) is 4.31. The second-order valence-electron chi connectivity index (χ2n) is 6.33. The molecule has 0 radical (unpaired) electrons. The SMILES string of the molecule is CCOc1cccc(-c2cnc(NC(=O)C(C)CC3CC3)nc2)c1. The van der Waals surface area contributed by atoms with Crippen LogP contribution in [0.25, 0.3) is 11.1 Å². The lowest BCUT2D eigenvalue weighted by Crippen LogP contribution is -2.22. The van der Waals surface area contributed by atoms with E-state index in [0.717, 1.165) is 29.2 Å². The minimum absolute atomic E-state index is 0.00338. The summed E-state index contributed by atoms with van der Waals surface area (Å²) in [6.45, 7) is 4.54. The first-order chi connectivity index (χ1) is 11.7. The number of hydrogen-bond donors (Lipinski definition) is 1. The fourth-order valence-electron chi connectivity index (χ4n) is 2.67. The number of nitrogens with one attached hydrogen (secondary N) is 1. The second-order valence-corrected chi connectivity index (χ2v) is 6.33. The van der Waals surface area contributed by atoms with Crippen molar-refractivity contribution >= 4 is 11.9 Å². The molecule has 5 nitrogen and oxygen atoms in total. The molecule has 1 aliphatic rings. The molecular weight excluding hydrogens is 302 g/mol. The van der Waals surface area contributed by atoms with Crippen molar-refractivity contribution in [2.45, 2.75) is 33.1 Å². The van der Waals surface area contributed by atoms with Crippen LogP contribution in [0.1, 0.15) is 33.1 Å². The number of amides is 1. The highest BCUT2D eigenvalue weighted by Crippen LogP contribution is 2.35. The Balaban J connectivity index is 1.64. The molecule has 0 saturated heterocycles. The Morgan fingerprint density at radius 1 is 1.29 bits per heavy atom. The standard InChI is InChI=1S/C19H23N3O2/c1-3-24-17-6-4-5-15(10-17)16-11-20-19(21-12-16)22-18(23)13(2)9-14-7-8-14/h4-6,10-14H,3,7-9H2,1-2H3,(H,20,21,22,23). The van der Waals surface area contributed by atoms with Crippen LogP contribution < -0.4 is 10.1 Å². The average Bonchev–Trinajstić information content (AvgIpc) is 3.40. The molecule has 1 fully saturated rings. The summed E-state index contributed by atoms with van der Waals surface area (Å²) in [4.78, 5) is 20.7. The maximum Gasteiger partial charge on any atom is 0.229 e. The van der Waals surface area contributed by atoms with Crippen molar-refractivity contribution in [1.29, 1.82) is 0 Å². The van der Waals surface area contributed by atoms with Crippen molar-refractivity contribution in [2.24, 2.45) is 11.8 Å². The molecule has 1 aromatic heterocycles. The van der Waals surface area contributed by atoms with E-state index in [2.05, 4.69) is 15.3 Å². The van der Waals surface area contributed by atoms with E-state index in [1.807, 2.05) is 38.1 Å². The Morgan fingerprint density at radius 3 is 2.71 bits per heavy atom. The molecule has 0 spiro atoms. The molecule has 1 saturated carbocycles. The van der Waals surface area contributed by atoms with Crippen LogP contribution in [0.3, 0.4) is 0 Å². The van der Waals surface area contributed by atoms with E-state index in [9.17, 15) is 4.79 Å². The van der Waals surface area contributed by atoms with Crippen LogP contribution in [0.15, 0.2) is 36.7 Å². The third-order valence-corrected chi connectivity index (χ3v) is 4.20. The molecule has 1 amide bonds. The highest BCUT2D eigenvalue weighted by Gasteiger charge is 2.26. The summed E-state index contributed by atoms with van der Waals surface area (Å²) in [6, 6.07) is 7.80. The Morgan fingerprint density at radius 2 is 2.04 bits per heavy atom. The van der Waals surface area contributed by atoms with Crippen LogP contribution in [-0.4, -0.2) is 22.5 Å². The van der Waals surface area contributed by atoms with Crippen LogP contribution in [-0.2, 0) is 4.79 Å². The van der Waals surface area contributed by atoms with E-state index in [-0.39, 0.29) is 11.8 Å². The van der Waals surface area contributed by atoms with Gasteiger partial charge in [-0.15, -0.1) is 0 Å². The normalized spacial score (nSPS) is 14.9. The highest BCUT2D eigenvalue weighted by atomic mass is 16.5. The van der Waals surface area contributed by atoms with E-state index in [1.165, 1.54) is 12.8 Å². The zero-order valence-electron chi connectivity index (χ0n) is 14.2. The highest BCUT2D eigenvalue weighted by molar-refractivity contribution is 5.90. The van der Waals surface area contributed by atoms with Crippen LogP contribution in [0, 0.1) is 11.8 Å². The van der Waals surface area contributed by atoms with Gasteiger partial charge in [-0.2, -0.15) is 0 Å². The van der Waals surface area contributed by atoms with Gasteiger partial charge in [0.1, 0.15) is 5.75 Å². The predicted molar refractivity (Wildman–Crippen MR) is 93.8 cm³/mol. The van der Waals surface area contributed by atoms with Crippen LogP contribution >= 0.6 is 0 Å². The number of benzene rings is 1. The Labute approximate surface area is 142 Å². The predicted octanol–water partition coefficient (Wildman–Crippen LogP) is 3.92. The van der Waals surface area contributed by atoms with Gasteiger partial charge in [-0.05, 0) is 37.0 Å². The number of aromatic nitrogens is 2. The molecular formula is C19H23N3O2. The first kappa shape index (κ1) is 16.4. The molecule has 1 aromatic carbocycles. The quantitative estimate of drug-likeness (QED) is 0.838. The van der Waals surface area contributed by atoms with Gasteiger partial charge in [0.05, 0.1) is 6.61 Å². The van der Waals surface area contributed by atoms with Gasteiger partial charge in [0.15, 0.2) is 0 Å². The summed E-state index contributed by atoms with van der Waals surface area (Å²) < 4.78 is 5.51. The zero-order valence-corrected chi connectivity index (χ0v) is 14.2. The molecule has 1 heterocycles. The maximum atomic E-state index is 12.1. The molecule has 3 rings (SSSR count). The van der Waals surface area contributed by atoms with Crippen LogP contribution in [0.2, 0.25) is 0 Å². The lowest BCUT2D eigenvalue weighted by molar-refractivity contribution is -0.119. The number of carbonyl (C=O) groups excluding carboxylic acids is 1. The number of ether oxygens (including phenoxy) is 1. The van der Waals surface area contributed by atoms with Crippen molar-refractivity contribution in [3.05, 3.63) is 36.7 Å². The van der Waals surface area contributed by atoms with Crippen molar-refractivity contribution in [3.8, 4) is 16.9 Å². The Bertz CT molecular complexity index is 696. The molecule has 0 aliphatic heterocycles.